The van der Waals surface area contributed by atoms with Crippen LogP contribution in [0, 0.1) is 22.3 Å². The van der Waals surface area contributed by atoms with Crippen molar-refractivity contribution in [2.45, 2.75) is 108 Å². The standard InChI is InChI=1S/C22H42ClN5O4/c1-3-16-5-4-15(2)26(13-16)14-21(17-6-8-18(23)9-7-17)25-24-20-11-10-19(27(29)30)12-22(20)28(31)32/h15-20,22,24,27-29,31H,3-14H2,1-2H3/p+1. The normalized spacial score (nSPS) is 41.2. The summed E-state index contributed by atoms with van der Waals surface area (Å²) in [6, 6.07) is -1.02. The third kappa shape index (κ3) is 6.99. The molecule has 3 rings (SSSR count). The Morgan fingerprint density at radius 3 is 2.41 bits per heavy atom. The number of likely N-dealkylation sites (tertiary alicyclic amines) is 1. The highest BCUT2D eigenvalue weighted by Gasteiger charge is 2.39. The zero-order chi connectivity index (χ0) is 23.3. The fourth-order valence-electron chi connectivity index (χ4n) is 5.84. The third-order valence-corrected chi connectivity index (χ3v) is 8.70. The van der Waals surface area contributed by atoms with Crippen molar-refractivity contribution in [2.24, 2.45) is 16.9 Å². The highest BCUT2D eigenvalue weighted by molar-refractivity contribution is 6.20. The summed E-state index contributed by atoms with van der Waals surface area (Å²) in [5, 5.41) is 45.5. The van der Waals surface area contributed by atoms with E-state index in [1.165, 1.54) is 25.8 Å². The first kappa shape index (κ1) is 26.1. The monoisotopic (exact) mass is 476 g/mol. The van der Waals surface area contributed by atoms with Gasteiger partial charge in [-0.2, -0.15) is 5.10 Å². The van der Waals surface area contributed by atoms with Crippen LogP contribution in [0.5, 0.6) is 0 Å². The first-order chi connectivity index (χ1) is 15.3. The highest BCUT2D eigenvalue weighted by atomic mass is 35.5. The second kappa shape index (κ2) is 12.3. The third-order valence-electron chi connectivity index (χ3n) is 8.26. The fourth-order valence-corrected chi connectivity index (χ4v) is 6.09. The van der Waals surface area contributed by atoms with E-state index in [1.54, 1.807) is 4.90 Å². The Bertz CT molecular complexity index is 603. The predicted molar refractivity (Wildman–Crippen MR) is 123 cm³/mol. The summed E-state index contributed by atoms with van der Waals surface area (Å²) in [4.78, 5) is 1.58. The number of piperidine rings is 1. The van der Waals surface area contributed by atoms with E-state index in [4.69, 9.17) is 16.7 Å². The number of hydrogen-bond donors (Lipinski definition) is 6. The lowest BCUT2D eigenvalue weighted by Gasteiger charge is -2.39. The molecule has 0 aromatic carbocycles. The summed E-state index contributed by atoms with van der Waals surface area (Å²) in [6.07, 6.45) is 8.98. The molecular formula is C22H43ClN5O4+. The number of halogens is 1. The number of alkyl halides is 1. The largest absolute Gasteiger partial charge is 0.600 e. The Balaban J connectivity index is 1.72. The topological polar surface area (TPSA) is 124 Å². The quantitative estimate of drug-likeness (QED) is 0.162. The van der Waals surface area contributed by atoms with Gasteiger partial charge in [0.15, 0.2) is 0 Å². The maximum atomic E-state index is 11.8. The van der Waals surface area contributed by atoms with Crippen LogP contribution in [-0.2, 0) is 0 Å². The van der Waals surface area contributed by atoms with Crippen LogP contribution in [0.1, 0.15) is 78.1 Å². The van der Waals surface area contributed by atoms with Gasteiger partial charge in [0.05, 0.1) is 30.8 Å². The Labute approximate surface area is 196 Å². The molecule has 8 unspecified atom stereocenters. The minimum Gasteiger partial charge on any atom is -0.600 e. The van der Waals surface area contributed by atoms with E-state index in [2.05, 4.69) is 19.3 Å². The van der Waals surface area contributed by atoms with E-state index in [-0.39, 0.29) is 17.8 Å². The molecule has 0 bridgehead atoms. The summed E-state index contributed by atoms with van der Waals surface area (Å²) in [6.45, 7) is 6.67. The molecule has 0 amide bonds. The van der Waals surface area contributed by atoms with Gasteiger partial charge in [0.1, 0.15) is 18.6 Å². The van der Waals surface area contributed by atoms with Crippen LogP contribution >= 0.6 is 11.6 Å². The average molecular weight is 477 g/mol. The zero-order valence-corrected chi connectivity index (χ0v) is 20.3. The second-order valence-electron chi connectivity index (χ2n) is 10.4. The van der Waals surface area contributed by atoms with Crippen molar-refractivity contribution >= 4 is 17.3 Å². The minimum atomic E-state index is -0.936. The molecule has 32 heavy (non-hydrogen) atoms. The van der Waals surface area contributed by atoms with Crippen molar-refractivity contribution in [1.82, 2.24) is 5.43 Å². The first-order valence-corrected chi connectivity index (χ1v) is 13.0. The van der Waals surface area contributed by atoms with E-state index in [9.17, 15) is 20.8 Å². The van der Waals surface area contributed by atoms with Gasteiger partial charge in [-0.05, 0) is 58.3 Å². The predicted octanol–water partition coefficient (Wildman–Crippen LogP) is -0.343. The molecule has 186 valence electrons. The van der Waals surface area contributed by atoms with Gasteiger partial charge in [-0.1, -0.05) is 6.92 Å². The van der Waals surface area contributed by atoms with E-state index < -0.39 is 22.5 Å². The molecule has 8 atom stereocenters. The molecule has 1 heterocycles. The molecule has 6 N–H and O–H groups in total. The van der Waals surface area contributed by atoms with Crippen LogP contribution in [0.4, 0.5) is 0 Å². The van der Waals surface area contributed by atoms with Crippen molar-refractivity contribution in [3.63, 3.8) is 0 Å². The van der Waals surface area contributed by atoms with Gasteiger partial charge in [-0.15, -0.1) is 11.6 Å². The SMILES string of the molecule is CCC1CCC(C)[NH+](CC(=NNC2CCC([NH+]([O-])O)CC2[NH+]([O-])O)C2CCC(Cl)CC2)C1. The number of nitrogens with one attached hydrogen (secondary N) is 4. The van der Waals surface area contributed by atoms with Crippen LogP contribution in [-0.4, -0.2) is 58.8 Å². The van der Waals surface area contributed by atoms with Gasteiger partial charge in [0.2, 0.25) is 0 Å². The second-order valence-corrected chi connectivity index (χ2v) is 11.0. The maximum absolute atomic E-state index is 11.8. The van der Waals surface area contributed by atoms with Crippen molar-refractivity contribution in [1.29, 1.82) is 0 Å². The molecule has 1 saturated heterocycles. The number of hydrogen-bond acceptors (Lipinski definition) is 6. The Morgan fingerprint density at radius 2 is 1.78 bits per heavy atom. The average Bonchev–Trinajstić information content (AvgIpc) is 2.78. The molecule has 0 spiro atoms. The van der Waals surface area contributed by atoms with Crippen LogP contribution in [0.3, 0.4) is 0 Å². The molecule has 0 radical (unpaired) electrons. The summed E-state index contributed by atoms with van der Waals surface area (Å²) in [5.74, 6) is 1.15. The lowest BCUT2D eigenvalue weighted by atomic mass is 9.84. The van der Waals surface area contributed by atoms with Crippen LogP contribution in [0.25, 0.3) is 0 Å². The Kier molecular flexibility index (Phi) is 10.00. The lowest BCUT2D eigenvalue weighted by Crippen LogP contribution is -3.17. The number of quaternary nitrogens is 3. The first-order valence-electron chi connectivity index (χ1n) is 12.5. The van der Waals surface area contributed by atoms with Crippen molar-refractivity contribution in [2.75, 3.05) is 13.1 Å². The van der Waals surface area contributed by atoms with Gasteiger partial charge >= 0.3 is 0 Å². The number of hydroxylamine groups is 4. The van der Waals surface area contributed by atoms with Crippen LogP contribution in [0.15, 0.2) is 5.10 Å². The number of nitrogens with zero attached hydrogens (tertiary/aromatic N) is 1. The molecule has 3 aliphatic rings. The lowest BCUT2D eigenvalue weighted by molar-refractivity contribution is -1.09. The van der Waals surface area contributed by atoms with Gasteiger partial charge in [-0.3, -0.25) is 0 Å². The molecule has 2 saturated carbocycles. The van der Waals surface area contributed by atoms with E-state index >= 15 is 0 Å². The molecule has 0 aromatic heterocycles. The summed E-state index contributed by atoms with van der Waals surface area (Å²) in [5.41, 5.74) is 4.37. The molecular weight excluding hydrogens is 434 g/mol. The van der Waals surface area contributed by atoms with Crippen molar-refractivity contribution in [3.05, 3.63) is 10.4 Å². The molecule has 10 heteroatoms. The molecule has 9 nitrogen and oxygen atoms in total. The van der Waals surface area contributed by atoms with E-state index in [1.807, 2.05) is 0 Å². The fraction of sp³-hybridized carbons (Fsp3) is 0.955. The minimum absolute atomic E-state index is 0.164. The highest BCUT2D eigenvalue weighted by Crippen LogP contribution is 2.28. The summed E-state index contributed by atoms with van der Waals surface area (Å²) in [7, 11) is 0. The van der Waals surface area contributed by atoms with Crippen molar-refractivity contribution in [3.8, 4) is 0 Å². The number of hydrazone groups is 1. The maximum Gasteiger partial charge on any atom is 0.144 e. The summed E-state index contributed by atoms with van der Waals surface area (Å²) < 4.78 is 0. The molecule has 3 fully saturated rings. The van der Waals surface area contributed by atoms with E-state index in [0.29, 0.717) is 24.8 Å². The molecule has 1 aliphatic heterocycles. The van der Waals surface area contributed by atoms with E-state index in [0.717, 1.165) is 43.9 Å². The number of rotatable bonds is 8. The smallest absolute Gasteiger partial charge is 0.144 e. The van der Waals surface area contributed by atoms with Gasteiger partial charge in [-0.25, -0.2) is 20.9 Å². The van der Waals surface area contributed by atoms with Crippen LogP contribution < -0.4 is 20.8 Å². The Morgan fingerprint density at radius 1 is 1.06 bits per heavy atom. The van der Waals surface area contributed by atoms with Crippen LogP contribution in [0.2, 0.25) is 0 Å². The summed E-state index contributed by atoms with van der Waals surface area (Å²) >= 11 is 6.36. The van der Waals surface area contributed by atoms with Crippen molar-refractivity contribution < 1.29 is 25.8 Å². The van der Waals surface area contributed by atoms with Gasteiger partial charge in [0, 0.05) is 23.6 Å². The molecule has 2 aliphatic carbocycles. The van der Waals surface area contributed by atoms with Gasteiger partial charge in [0.25, 0.3) is 0 Å². The zero-order valence-electron chi connectivity index (χ0n) is 19.6. The molecule has 0 aromatic rings. The van der Waals surface area contributed by atoms with Gasteiger partial charge < -0.3 is 20.7 Å². The Hall–Kier alpha value is -0.520.